The highest BCUT2D eigenvalue weighted by Crippen LogP contribution is 2.34. The third-order valence-electron chi connectivity index (χ3n) is 3.14. The minimum atomic E-state index is -0.298. The molecule has 19 heavy (non-hydrogen) atoms. The van der Waals surface area contributed by atoms with Crippen LogP contribution in [-0.2, 0) is 0 Å². The van der Waals surface area contributed by atoms with Gasteiger partial charge in [-0.25, -0.2) is 0 Å². The van der Waals surface area contributed by atoms with Gasteiger partial charge in [0.15, 0.2) is 0 Å². The van der Waals surface area contributed by atoms with Crippen LogP contribution >= 0.6 is 0 Å². The van der Waals surface area contributed by atoms with Crippen LogP contribution in [0.5, 0.6) is 5.75 Å². The maximum Gasteiger partial charge on any atom is 0.273 e. The van der Waals surface area contributed by atoms with Gasteiger partial charge >= 0.3 is 0 Å². The van der Waals surface area contributed by atoms with Gasteiger partial charge in [0.2, 0.25) is 5.69 Å². The van der Waals surface area contributed by atoms with Crippen LogP contribution in [-0.4, -0.2) is 23.3 Å². The van der Waals surface area contributed by atoms with Gasteiger partial charge in [-0.2, -0.15) is 4.74 Å². The van der Waals surface area contributed by atoms with E-state index in [2.05, 4.69) is 0 Å². The molecule has 1 heterocycles. The number of hydrogen-bond donors (Lipinski definition) is 0. The van der Waals surface area contributed by atoms with E-state index in [-0.39, 0.29) is 11.5 Å². The number of benzene rings is 2. The molecule has 0 radical (unpaired) electrons. The summed E-state index contributed by atoms with van der Waals surface area (Å²) in [6.07, 6.45) is 0. The molecule has 0 aliphatic carbocycles. The number of carbonyl (C=O) groups is 1. The average molecular weight is 253 g/mol. The Balaban J connectivity index is 2.22. The minimum Gasteiger partial charge on any atom is -0.618 e. The Kier molecular flexibility index (Phi) is 2.56. The molecule has 0 aromatic heterocycles. The first-order chi connectivity index (χ1) is 9.24. The number of ketones is 1. The SMILES string of the molecule is COc1cccc2c1C(=O)C(c1ccccc1)=[N+]2[O-]. The molecular formula is C15H11NO3. The lowest BCUT2D eigenvalue weighted by Gasteiger charge is -2.03. The van der Waals surface area contributed by atoms with Crippen molar-refractivity contribution < 1.29 is 14.3 Å². The van der Waals surface area contributed by atoms with E-state index in [1.165, 1.54) is 7.11 Å². The Morgan fingerprint density at radius 3 is 2.47 bits per heavy atom. The first kappa shape index (κ1) is 11.5. The van der Waals surface area contributed by atoms with E-state index in [0.717, 1.165) is 0 Å². The molecule has 94 valence electrons. The summed E-state index contributed by atoms with van der Waals surface area (Å²) in [5, 5.41) is 12.3. The number of nitrogens with zero attached hydrogens (tertiary/aromatic N) is 1. The molecule has 0 fully saturated rings. The monoisotopic (exact) mass is 253 g/mol. The zero-order valence-electron chi connectivity index (χ0n) is 10.3. The molecule has 3 rings (SSSR count). The number of Topliss-reactive ketones (excluding diaryl/α,β-unsaturated/α-hetero) is 1. The maximum atomic E-state index is 12.4. The molecule has 4 nitrogen and oxygen atoms in total. The van der Waals surface area contributed by atoms with Gasteiger partial charge in [0.1, 0.15) is 11.3 Å². The van der Waals surface area contributed by atoms with E-state index in [1.54, 1.807) is 42.5 Å². The maximum absolute atomic E-state index is 12.4. The van der Waals surface area contributed by atoms with Gasteiger partial charge < -0.3 is 9.94 Å². The molecular weight excluding hydrogens is 242 g/mol. The summed E-state index contributed by atoms with van der Waals surface area (Å²) in [7, 11) is 1.48. The van der Waals surface area contributed by atoms with Crippen LogP contribution in [0.3, 0.4) is 0 Å². The smallest absolute Gasteiger partial charge is 0.273 e. The third-order valence-corrected chi connectivity index (χ3v) is 3.14. The average Bonchev–Trinajstić information content (AvgIpc) is 2.72. The number of carbonyl (C=O) groups excluding carboxylic acids is 1. The molecule has 0 amide bonds. The Morgan fingerprint density at radius 2 is 1.79 bits per heavy atom. The van der Waals surface area contributed by atoms with Crippen molar-refractivity contribution in [3.05, 3.63) is 64.9 Å². The lowest BCUT2D eigenvalue weighted by Crippen LogP contribution is -2.16. The van der Waals surface area contributed by atoms with E-state index >= 15 is 0 Å². The third kappa shape index (κ3) is 1.61. The van der Waals surface area contributed by atoms with Crippen molar-refractivity contribution in [3.63, 3.8) is 0 Å². The predicted molar refractivity (Wildman–Crippen MR) is 71.2 cm³/mol. The van der Waals surface area contributed by atoms with Crippen LogP contribution in [0.15, 0.2) is 48.5 Å². The van der Waals surface area contributed by atoms with Gasteiger partial charge in [-0.1, -0.05) is 24.3 Å². The van der Waals surface area contributed by atoms with E-state index in [9.17, 15) is 10.0 Å². The van der Waals surface area contributed by atoms with Gasteiger partial charge in [-0.05, 0) is 18.2 Å². The minimum absolute atomic E-state index is 0.139. The van der Waals surface area contributed by atoms with Crippen molar-refractivity contribution in [2.75, 3.05) is 7.11 Å². The molecule has 4 heteroatoms. The highest BCUT2D eigenvalue weighted by molar-refractivity contribution is 6.52. The van der Waals surface area contributed by atoms with Gasteiger partial charge in [0, 0.05) is 6.07 Å². The van der Waals surface area contributed by atoms with E-state index in [1.807, 2.05) is 6.07 Å². The fourth-order valence-electron chi connectivity index (χ4n) is 2.26. The van der Waals surface area contributed by atoms with Crippen LogP contribution in [0.4, 0.5) is 5.69 Å². The van der Waals surface area contributed by atoms with Gasteiger partial charge in [0.05, 0.1) is 12.7 Å². The fourth-order valence-corrected chi connectivity index (χ4v) is 2.26. The highest BCUT2D eigenvalue weighted by Gasteiger charge is 2.38. The summed E-state index contributed by atoms with van der Waals surface area (Å²) in [4.78, 5) is 12.4. The Labute approximate surface area is 110 Å². The van der Waals surface area contributed by atoms with Crippen LogP contribution in [0.25, 0.3) is 0 Å². The second-order valence-corrected chi connectivity index (χ2v) is 4.19. The molecule has 2 aromatic carbocycles. The van der Waals surface area contributed by atoms with Crippen molar-refractivity contribution in [2.24, 2.45) is 0 Å². The molecule has 0 atom stereocenters. The number of hydrogen-bond acceptors (Lipinski definition) is 3. The lowest BCUT2D eigenvalue weighted by molar-refractivity contribution is -0.355. The molecule has 0 saturated carbocycles. The molecule has 1 aliphatic heterocycles. The van der Waals surface area contributed by atoms with Gasteiger partial charge in [0.25, 0.3) is 11.5 Å². The molecule has 0 saturated heterocycles. The van der Waals surface area contributed by atoms with E-state index < -0.39 is 0 Å². The van der Waals surface area contributed by atoms with Crippen molar-refractivity contribution >= 4 is 17.2 Å². The zero-order chi connectivity index (χ0) is 13.4. The zero-order valence-corrected chi connectivity index (χ0v) is 10.3. The molecule has 0 bridgehead atoms. The number of ether oxygens (including phenoxy) is 1. The summed E-state index contributed by atoms with van der Waals surface area (Å²) in [6, 6.07) is 13.9. The number of rotatable bonds is 2. The number of fused-ring (bicyclic) bond motifs is 1. The predicted octanol–water partition coefficient (Wildman–Crippen LogP) is 2.52. The first-order valence-electron chi connectivity index (χ1n) is 5.85. The standard InChI is InChI=1S/C15H11NO3/c1-19-12-9-5-8-11-13(12)15(17)14(16(11)18)10-6-3-2-4-7-10/h2-9H,1H3. The summed E-state index contributed by atoms with van der Waals surface area (Å²) in [5.41, 5.74) is 1.42. The Bertz CT molecular complexity index is 690. The van der Waals surface area contributed by atoms with Crippen LogP contribution in [0.1, 0.15) is 15.9 Å². The Hall–Kier alpha value is -2.62. The largest absolute Gasteiger partial charge is 0.618 e. The summed E-state index contributed by atoms with van der Waals surface area (Å²) in [5.74, 6) is 0.128. The van der Waals surface area contributed by atoms with E-state index in [4.69, 9.17) is 4.74 Å². The van der Waals surface area contributed by atoms with Crippen LogP contribution in [0, 0.1) is 5.21 Å². The second kappa shape index (κ2) is 4.24. The van der Waals surface area contributed by atoms with Gasteiger partial charge in [-0.15, -0.1) is 0 Å². The molecule has 0 unspecified atom stereocenters. The van der Waals surface area contributed by atoms with Crippen LogP contribution in [0.2, 0.25) is 0 Å². The van der Waals surface area contributed by atoms with Crippen molar-refractivity contribution in [2.45, 2.75) is 0 Å². The fraction of sp³-hybridized carbons (Fsp3) is 0.0667. The van der Waals surface area contributed by atoms with Gasteiger partial charge in [-0.3, -0.25) is 4.79 Å². The first-order valence-corrected chi connectivity index (χ1v) is 5.85. The molecule has 0 spiro atoms. The Morgan fingerprint density at radius 1 is 1.05 bits per heavy atom. The highest BCUT2D eigenvalue weighted by atomic mass is 16.5. The topological polar surface area (TPSA) is 52.4 Å². The quantitative estimate of drug-likeness (QED) is 0.610. The number of methoxy groups -OCH3 is 1. The van der Waals surface area contributed by atoms with Crippen molar-refractivity contribution in [3.8, 4) is 5.75 Å². The summed E-state index contributed by atoms with van der Waals surface area (Å²) in [6.45, 7) is 0. The van der Waals surface area contributed by atoms with Crippen molar-refractivity contribution in [1.29, 1.82) is 0 Å². The van der Waals surface area contributed by atoms with Crippen molar-refractivity contribution in [1.82, 2.24) is 0 Å². The normalized spacial score (nSPS) is 13.6. The molecule has 0 N–H and O–H groups in total. The molecule has 1 aliphatic rings. The lowest BCUT2D eigenvalue weighted by atomic mass is 10.0. The van der Waals surface area contributed by atoms with Crippen LogP contribution < -0.4 is 4.74 Å². The second-order valence-electron chi connectivity index (χ2n) is 4.19. The van der Waals surface area contributed by atoms with E-state index in [0.29, 0.717) is 27.3 Å². The summed E-state index contributed by atoms with van der Waals surface area (Å²) >= 11 is 0. The summed E-state index contributed by atoms with van der Waals surface area (Å²) < 4.78 is 5.84. The molecule has 2 aromatic rings.